The largest absolute Gasteiger partial charge is 0.354 e. The number of halogens is 1. The third-order valence-electron chi connectivity index (χ3n) is 4.26. The van der Waals surface area contributed by atoms with Crippen molar-refractivity contribution in [2.75, 3.05) is 18.1 Å². The van der Waals surface area contributed by atoms with E-state index in [1.807, 2.05) is 12.1 Å². The van der Waals surface area contributed by atoms with Crippen molar-refractivity contribution in [3.05, 3.63) is 64.7 Å². The van der Waals surface area contributed by atoms with Gasteiger partial charge in [-0.05, 0) is 41.8 Å². The minimum Gasteiger partial charge on any atom is -0.354 e. The van der Waals surface area contributed by atoms with Crippen molar-refractivity contribution in [3.8, 4) is 0 Å². The highest BCUT2D eigenvalue weighted by Crippen LogP contribution is 2.25. The van der Waals surface area contributed by atoms with E-state index in [4.69, 9.17) is 11.6 Å². The van der Waals surface area contributed by atoms with Crippen LogP contribution in [-0.2, 0) is 13.1 Å². The number of anilines is 1. The first kappa shape index (κ1) is 15.4. The van der Waals surface area contributed by atoms with Gasteiger partial charge in [0.15, 0.2) is 0 Å². The van der Waals surface area contributed by atoms with Crippen LogP contribution in [0.1, 0.15) is 30.9 Å². The van der Waals surface area contributed by atoms with Gasteiger partial charge in [0.05, 0.1) is 6.67 Å². The van der Waals surface area contributed by atoms with E-state index in [9.17, 15) is 0 Å². The van der Waals surface area contributed by atoms with Crippen LogP contribution in [-0.4, -0.2) is 18.1 Å². The quantitative estimate of drug-likeness (QED) is 0.790. The summed E-state index contributed by atoms with van der Waals surface area (Å²) in [5, 5.41) is 0.793. The Hall–Kier alpha value is -1.51. The molecule has 0 unspecified atom stereocenters. The van der Waals surface area contributed by atoms with Crippen molar-refractivity contribution in [3.63, 3.8) is 0 Å². The Kier molecular flexibility index (Phi) is 5.01. The molecule has 3 heteroatoms. The van der Waals surface area contributed by atoms with Gasteiger partial charge in [-0.1, -0.05) is 49.2 Å². The maximum Gasteiger partial charge on any atom is 0.0713 e. The Morgan fingerprint density at radius 1 is 0.955 bits per heavy atom. The van der Waals surface area contributed by atoms with Gasteiger partial charge in [-0.25, -0.2) is 0 Å². The molecule has 2 aromatic carbocycles. The predicted molar refractivity (Wildman–Crippen MR) is 94.3 cm³/mol. The standard InChI is InChI=1S/C19H23ClN2/c1-2-3-12-21-13-16-6-4-5-7-17(16)14-22(15-21)19-10-8-18(20)9-11-19/h4-11H,2-3,12-15H2,1H3. The molecule has 0 N–H and O–H groups in total. The molecule has 1 heterocycles. The summed E-state index contributed by atoms with van der Waals surface area (Å²) in [6.07, 6.45) is 2.48. The van der Waals surface area contributed by atoms with Crippen LogP contribution in [0, 0.1) is 0 Å². The summed E-state index contributed by atoms with van der Waals surface area (Å²) in [7, 11) is 0. The Bertz CT molecular complexity index is 609. The van der Waals surface area contributed by atoms with Crippen molar-refractivity contribution >= 4 is 17.3 Å². The van der Waals surface area contributed by atoms with Crippen LogP contribution >= 0.6 is 11.6 Å². The van der Waals surface area contributed by atoms with E-state index in [1.54, 1.807) is 0 Å². The second kappa shape index (κ2) is 7.17. The van der Waals surface area contributed by atoms with Crippen molar-refractivity contribution in [1.82, 2.24) is 4.90 Å². The fourth-order valence-electron chi connectivity index (χ4n) is 3.01. The van der Waals surface area contributed by atoms with Crippen LogP contribution in [0.15, 0.2) is 48.5 Å². The zero-order valence-electron chi connectivity index (χ0n) is 13.1. The third-order valence-corrected chi connectivity index (χ3v) is 4.52. The Morgan fingerprint density at radius 2 is 1.64 bits per heavy atom. The molecule has 0 saturated carbocycles. The normalized spacial score (nSPS) is 15.5. The predicted octanol–water partition coefficient (Wildman–Crippen LogP) is 4.92. The highest BCUT2D eigenvalue weighted by Gasteiger charge is 2.19. The monoisotopic (exact) mass is 314 g/mol. The van der Waals surface area contributed by atoms with E-state index in [2.05, 4.69) is 53.1 Å². The van der Waals surface area contributed by atoms with Crippen LogP contribution in [0.2, 0.25) is 5.02 Å². The van der Waals surface area contributed by atoms with Crippen LogP contribution in [0.25, 0.3) is 0 Å². The lowest BCUT2D eigenvalue weighted by atomic mass is 10.1. The molecular formula is C19H23ClN2. The lowest BCUT2D eigenvalue weighted by Crippen LogP contribution is -2.35. The van der Waals surface area contributed by atoms with E-state index in [-0.39, 0.29) is 0 Å². The average Bonchev–Trinajstić information content (AvgIpc) is 2.72. The molecule has 0 bridgehead atoms. The molecule has 0 aromatic heterocycles. The van der Waals surface area contributed by atoms with Crippen molar-refractivity contribution in [2.24, 2.45) is 0 Å². The first-order valence-corrected chi connectivity index (χ1v) is 8.43. The molecule has 2 aromatic rings. The van der Waals surface area contributed by atoms with E-state index in [0.29, 0.717) is 0 Å². The number of hydrogen-bond acceptors (Lipinski definition) is 2. The smallest absolute Gasteiger partial charge is 0.0713 e. The van der Waals surface area contributed by atoms with Gasteiger partial charge >= 0.3 is 0 Å². The summed E-state index contributed by atoms with van der Waals surface area (Å²) in [5.74, 6) is 0. The summed E-state index contributed by atoms with van der Waals surface area (Å²) in [4.78, 5) is 4.99. The van der Waals surface area contributed by atoms with Crippen LogP contribution in [0.3, 0.4) is 0 Å². The highest BCUT2D eigenvalue weighted by molar-refractivity contribution is 6.30. The second-order valence-corrected chi connectivity index (χ2v) is 6.43. The van der Waals surface area contributed by atoms with E-state index < -0.39 is 0 Å². The first-order chi connectivity index (χ1) is 10.8. The van der Waals surface area contributed by atoms with Gasteiger partial charge in [-0.2, -0.15) is 0 Å². The number of nitrogens with zero attached hydrogens (tertiary/aromatic N) is 2. The summed E-state index contributed by atoms with van der Waals surface area (Å²) in [6.45, 7) is 6.37. The van der Waals surface area contributed by atoms with Crippen molar-refractivity contribution < 1.29 is 0 Å². The number of rotatable bonds is 4. The van der Waals surface area contributed by atoms with E-state index in [0.717, 1.165) is 31.3 Å². The van der Waals surface area contributed by atoms with Crippen LogP contribution in [0.4, 0.5) is 5.69 Å². The van der Waals surface area contributed by atoms with Gasteiger partial charge in [0, 0.05) is 30.3 Å². The van der Waals surface area contributed by atoms with Gasteiger partial charge < -0.3 is 4.90 Å². The topological polar surface area (TPSA) is 6.48 Å². The molecule has 0 fully saturated rings. The SMILES string of the molecule is CCCCN1Cc2ccccc2CN(c2ccc(Cl)cc2)C1. The fraction of sp³-hybridized carbons (Fsp3) is 0.368. The zero-order chi connectivity index (χ0) is 15.4. The molecule has 116 valence electrons. The fourth-order valence-corrected chi connectivity index (χ4v) is 3.14. The highest BCUT2D eigenvalue weighted by atomic mass is 35.5. The molecule has 0 atom stereocenters. The third kappa shape index (κ3) is 3.63. The molecule has 0 aliphatic carbocycles. The average molecular weight is 315 g/mol. The zero-order valence-corrected chi connectivity index (χ0v) is 13.9. The van der Waals surface area contributed by atoms with Crippen molar-refractivity contribution in [1.29, 1.82) is 0 Å². The van der Waals surface area contributed by atoms with Crippen LogP contribution in [0.5, 0.6) is 0 Å². The molecular weight excluding hydrogens is 292 g/mol. The number of unbranched alkanes of at least 4 members (excludes halogenated alkanes) is 1. The molecule has 0 radical (unpaired) electrons. The molecule has 1 aliphatic rings. The van der Waals surface area contributed by atoms with Crippen LogP contribution < -0.4 is 4.90 Å². The van der Waals surface area contributed by atoms with E-state index >= 15 is 0 Å². The second-order valence-electron chi connectivity index (χ2n) is 5.99. The Labute approximate surface area is 138 Å². The molecule has 0 spiro atoms. The minimum absolute atomic E-state index is 0.793. The van der Waals surface area contributed by atoms with Gasteiger partial charge in [-0.3, -0.25) is 4.90 Å². The molecule has 22 heavy (non-hydrogen) atoms. The summed E-state index contributed by atoms with van der Waals surface area (Å²) >= 11 is 6.03. The lowest BCUT2D eigenvalue weighted by molar-refractivity contribution is 0.266. The van der Waals surface area contributed by atoms with Crippen molar-refractivity contribution in [2.45, 2.75) is 32.9 Å². The van der Waals surface area contributed by atoms with Gasteiger partial charge in [0.25, 0.3) is 0 Å². The van der Waals surface area contributed by atoms with Gasteiger partial charge in [0.1, 0.15) is 0 Å². The van der Waals surface area contributed by atoms with Gasteiger partial charge in [0.2, 0.25) is 0 Å². The number of fused-ring (bicyclic) bond motifs is 1. The minimum atomic E-state index is 0.793. The molecule has 3 rings (SSSR count). The molecule has 1 aliphatic heterocycles. The maximum atomic E-state index is 6.03. The number of benzene rings is 2. The first-order valence-electron chi connectivity index (χ1n) is 8.06. The van der Waals surface area contributed by atoms with Gasteiger partial charge in [-0.15, -0.1) is 0 Å². The lowest BCUT2D eigenvalue weighted by Gasteiger charge is -2.29. The summed E-state index contributed by atoms with van der Waals surface area (Å²) < 4.78 is 0. The Morgan fingerprint density at radius 3 is 2.32 bits per heavy atom. The molecule has 0 saturated heterocycles. The summed E-state index contributed by atoms with van der Waals surface area (Å²) in [6, 6.07) is 17.0. The Balaban J connectivity index is 1.87. The van der Waals surface area contributed by atoms with E-state index in [1.165, 1.54) is 29.7 Å². The summed E-state index contributed by atoms with van der Waals surface area (Å²) in [5.41, 5.74) is 4.12. The molecule has 2 nitrogen and oxygen atoms in total. The molecule has 0 amide bonds. The number of hydrogen-bond donors (Lipinski definition) is 0. The maximum absolute atomic E-state index is 6.03.